The van der Waals surface area contributed by atoms with E-state index >= 15 is 0 Å². The maximum Gasteiger partial charge on any atom is 0.258 e. The van der Waals surface area contributed by atoms with E-state index < -0.39 is 0 Å². The van der Waals surface area contributed by atoms with Crippen molar-refractivity contribution >= 4 is 22.8 Å². The Morgan fingerprint density at radius 2 is 2.15 bits per heavy atom. The Hall–Kier alpha value is -3.09. The van der Waals surface area contributed by atoms with Crippen molar-refractivity contribution in [3.8, 4) is 5.75 Å². The van der Waals surface area contributed by atoms with Crippen LogP contribution in [0.5, 0.6) is 5.75 Å². The third kappa shape index (κ3) is 3.61. The lowest BCUT2D eigenvalue weighted by molar-refractivity contribution is -0.123. The fraction of sp³-hybridized carbons (Fsp3) is 0.316. The third-order valence-electron chi connectivity index (χ3n) is 4.53. The van der Waals surface area contributed by atoms with Gasteiger partial charge in [0.2, 0.25) is 0 Å². The van der Waals surface area contributed by atoms with Gasteiger partial charge in [-0.25, -0.2) is 9.97 Å². The smallest absolute Gasteiger partial charge is 0.258 e. The van der Waals surface area contributed by atoms with Crippen LogP contribution in [-0.4, -0.2) is 46.6 Å². The lowest BCUT2D eigenvalue weighted by Gasteiger charge is -2.34. The molecule has 1 atom stereocenters. The molecular formula is C19H21N5O2. The van der Waals surface area contributed by atoms with Gasteiger partial charge in [0.05, 0.1) is 5.39 Å². The zero-order valence-electron chi connectivity index (χ0n) is 14.4. The molecule has 4 rings (SSSR count). The molecule has 0 aliphatic carbocycles. The minimum absolute atomic E-state index is 0.0239. The van der Waals surface area contributed by atoms with E-state index in [-0.39, 0.29) is 18.6 Å². The summed E-state index contributed by atoms with van der Waals surface area (Å²) in [4.78, 5) is 26.2. The van der Waals surface area contributed by atoms with E-state index in [4.69, 9.17) is 4.74 Å². The quantitative estimate of drug-likeness (QED) is 0.736. The SMILES string of the molecule is O=C(COc1ccccc1)N[C@@H]1CCCN(c2ncnc3[nH]ccc23)C1. The molecule has 0 spiro atoms. The van der Waals surface area contributed by atoms with Crippen molar-refractivity contribution < 1.29 is 9.53 Å². The number of ether oxygens (including phenoxy) is 1. The summed E-state index contributed by atoms with van der Waals surface area (Å²) in [7, 11) is 0. The molecule has 1 saturated heterocycles. The molecule has 7 heteroatoms. The van der Waals surface area contributed by atoms with Crippen LogP contribution in [0.1, 0.15) is 12.8 Å². The van der Waals surface area contributed by atoms with E-state index in [9.17, 15) is 4.79 Å². The second-order valence-corrected chi connectivity index (χ2v) is 6.39. The molecule has 0 radical (unpaired) electrons. The average Bonchev–Trinajstić information content (AvgIpc) is 3.16. The normalized spacial score (nSPS) is 17.2. The Labute approximate surface area is 151 Å². The Kier molecular flexibility index (Phi) is 4.68. The molecule has 1 aliphatic heterocycles. The van der Waals surface area contributed by atoms with Crippen LogP contribution in [0.25, 0.3) is 11.0 Å². The van der Waals surface area contributed by atoms with Crippen molar-refractivity contribution in [3.05, 3.63) is 48.9 Å². The zero-order chi connectivity index (χ0) is 17.8. The molecule has 1 aliphatic rings. The molecule has 26 heavy (non-hydrogen) atoms. The number of hydrogen-bond acceptors (Lipinski definition) is 5. The fourth-order valence-electron chi connectivity index (χ4n) is 3.33. The number of nitrogens with zero attached hydrogens (tertiary/aromatic N) is 3. The molecule has 0 unspecified atom stereocenters. The number of benzene rings is 1. The molecule has 1 aromatic carbocycles. The van der Waals surface area contributed by atoms with E-state index in [0.717, 1.165) is 42.8 Å². The van der Waals surface area contributed by atoms with Gasteiger partial charge in [0, 0.05) is 25.3 Å². The Morgan fingerprint density at radius 1 is 1.27 bits per heavy atom. The summed E-state index contributed by atoms with van der Waals surface area (Å²) < 4.78 is 5.52. The number of aromatic amines is 1. The van der Waals surface area contributed by atoms with E-state index in [0.29, 0.717) is 5.75 Å². The highest BCUT2D eigenvalue weighted by Gasteiger charge is 2.24. The molecule has 3 heterocycles. The van der Waals surface area contributed by atoms with Crippen molar-refractivity contribution in [2.75, 3.05) is 24.6 Å². The largest absolute Gasteiger partial charge is 0.484 e. The molecule has 3 aromatic rings. The van der Waals surface area contributed by atoms with Crippen LogP contribution in [0.15, 0.2) is 48.9 Å². The van der Waals surface area contributed by atoms with Crippen molar-refractivity contribution in [1.29, 1.82) is 0 Å². The molecule has 0 bridgehead atoms. The second kappa shape index (κ2) is 7.43. The number of nitrogens with one attached hydrogen (secondary N) is 2. The van der Waals surface area contributed by atoms with E-state index in [2.05, 4.69) is 25.2 Å². The van der Waals surface area contributed by atoms with Crippen LogP contribution in [-0.2, 0) is 4.79 Å². The first kappa shape index (κ1) is 16.4. The first-order chi connectivity index (χ1) is 12.8. The van der Waals surface area contributed by atoms with Gasteiger partial charge in [0.15, 0.2) is 6.61 Å². The van der Waals surface area contributed by atoms with Gasteiger partial charge in [0.1, 0.15) is 23.5 Å². The number of anilines is 1. The average molecular weight is 351 g/mol. The van der Waals surface area contributed by atoms with Crippen molar-refractivity contribution in [3.63, 3.8) is 0 Å². The summed E-state index contributed by atoms with van der Waals surface area (Å²) in [6.45, 7) is 1.68. The molecule has 1 fully saturated rings. The minimum Gasteiger partial charge on any atom is -0.484 e. The predicted octanol–water partition coefficient (Wildman–Crippen LogP) is 2.12. The monoisotopic (exact) mass is 351 g/mol. The number of piperidine rings is 1. The summed E-state index contributed by atoms with van der Waals surface area (Å²) in [6, 6.07) is 11.4. The van der Waals surface area contributed by atoms with E-state index in [1.165, 1.54) is 0 Å². The summed E-state index contributed by atoms with van der Waals surface area (Å²) in [5.74, 6) is 1.51. The van der Waals surface area contributed by atoms with E-state index in [1.807, 2.05) is 42.6 Å². The summed E-state index contributed by atoms with van der Waals surface area (Å²) in [5.41, 5.74) is 0.831. The zero-order valence-corrected chi connectivity index (χ0v) is 14.4. The summed E-state index contributed by atoms with van der Waals surface area (Å²) >= 11 is 0. The molecule has 134 valence electrons. The van der Waals surface area contributed by atoms with Crippen molar-refractivity contribution in [2.45, 2.75) is 18.9 Å². The first-order valence-corrected chi connectivity index (χ1v) is 8.80. The number of carbonyl (C=O) groups is 1. The van der Waals surface area contributed by atoms with Gasteiger partial charge in [0.25, 0.3) is 5.91 Å². The van der Waals surface area contributed by atoms with Crippen LogP contribution < -0.4 is 15.0 Å². The van der Waals surface area contributed by atoms with Crippen LogP contribution >= 0.6 is 0 Å². The van der Waals surface area contributed by atoms with Crippen molar-refractivity contribution in [2.24, 2.45) is 0 Å². The lowest BCUT2D eigenvalue weighted by Crippen LogP contribution is -2.49. The maximum atomic E-state index is 12.2. The van der Waals surface area contributed by atoms with Gasteiger partial charge >= 0.3 is 0 Å². The van der Waals surface area contributed by atoms with Crippen LogP contribution in [0, 0.1) is 0 Å². The Balaban J connectivity index is 1.36. The van der Waals surface area contributed by atoms with Gasteiger partial charge < -0.3 is 19.9 Å². The number of H-pyrrole nitrogens is 1. The van der Waals surface area contributed by atoms with Crippen LogP contribution in [0.2, 0.25) is 0 Å². The number of hydrogen-bond donors (Lipinski definition) is 2. The summed E-state index contributed by atoms with van der Waals surface area (Å²) in [6.07, 6.45) is 5.40. The second-order valence-electron chi connectivity index (χ2n) is 6.39. The molecule has 1 amide bonds. The number of amides is 1. The highest BCUT2D eigenvalue weighted by Crippen LogP contribution is 2.25. The minimum atomic E-state index is -0.102. The number of aromatic nitrogens is 3. The Bertz CT molecular complexity index is 880. The third-order valence-corrected chi connectivity index (χ3v) is 4.53. The highest BCUT2D eigenvalue weighted by molar-refractivity contribution is 5.87. The molecule has 2 N–H and O–H groups in total. The van der Waals surface area contributed by atoms with Gasteiger partial charge in [-0.15, -0.1) is 0 Å². The first-order valence-electron chi connectivity index (χ1n) is 8.80. The van der Waals surface area contributed by atoms with Gasteiger partial charge in [-0.2, -0.15) is 0 Å². The van der Waals surface area contributed by atoms with Crippen molar-refractivity contribution in [1.82, 2.24) is 20.3 Å². The van der Waals surface area contributed by atoms with E-state index in [1.54, 1.807) is 6.33 Å². The standard InChI is InChI=1S/C19H21N5O2/c25-17(12-26-15-6-2-1-3-7-15)23-14-5-4-10-24(11-14)19-16-8-9-20-18(16)21-13-22-19/h1-3,6-9,13-14H,4-5,10-12H2,(H,23,25)(H,20,21,22)/t14-/m1/s1. The molecule has 7 nitrogen and oxygen atoms in total. The Morgan fingerprint density at radius 3 is 3.04 bits per heavy atom. The maximum absolute atomic E-state index is 12.2. The molecular weight excluding hydrogens is 330 g/mol. The van der Waals surface area contributed by atoms with Crippen LogP contribution in [0.3, 0.4) is 0 Å². The number of para-hydroxylation sites is 1. The number of fused-ring (bicyclic) bond motifs is 1. The number of carbonyl (C=O) groups excluding carboxylic acids is 1. The topological polar surface area (TPSA) is 83.1 Å². The molecule has 0 saturated carbocycles. The number of rotatable bonds is 5. The molecule has 2 aromatic heterocycles. The van der Waals surface area contributed by atoms with Gasteiger partial charge in [-0.05, 0) is 31.0 Å². The van der Waals surface area contributed by atoms with Gasteiger partial charge in [-0.3, -0.25) is 4.79 Å². The highest BCUT2D eigenvalue weighted by atomic mass is 16.5. The van der Waals surface area contributed by atoms with Crippen LogP contribution in [0.4, 0.5) is 5.82 Å². The predicted molar refractivity (Wildman–Crippen MR) is 99.2 cm³/mol. The lowest BCUT2D eigenvalue weighted by atomic mass is 10.1. The van der Waals surface area contributed by atoms with Gasteiger partial charge in [-0.1, -0.05) is 18.2 Å². The summed E-state index contributed by atoms with van der Waals surface area (Å²) in [5, 5.41) is 4.08. The fourth-order valence-corrected chi connectivity index (χ4v) is 3.33.